The highest BCUT2D eigenvalue weighted by Crippen LogP contribution is 2.28. The summed E-state index contributed by atoms with van der Waals surface area (Å²) in [5, 5.41) is 14.8. The molecule has 210 valence electrons. The van der Waals surface area contributed by atoms with E-state index >= 15 is 0 Å². The molecular weight excluding hydrogens is 601 g/mol. The van der Waals surface area contributed by atoms with Gasteiger partial charge in [-0.15, -0.1) is 0 Å². The number of hydrogen-bond acceptors (Lipinski definition) is 5. The van der Waals surface area contributed by atoms with Crippen LogP contribution in [0, 0.1) is 11.3 Å². The van der Waals surface area contributed by atoms with Crippen molar-refractivity contribution in [3.63, 3.8) is 0 Å². The Bertz CT molecular complexity index is 2120. The highest BCUT2D eigenvalue weighted by Gasteiger charge is 2.15. The van der Waals surface area contributed by atoms with Crippen LogP contribution in [-0.2, 0) is 5.75 Å². The van der Waals surface area contributed by atoms with Gasteiger partial charge in [0.2, 0.25) is 0 Å². The molecule has 0 radical (unpaired) electrons. The van der Waals surface area contributed by atoms with Gasteiger partial charge in [0, 0.05) is 34.5 Å². The number of benzene rings is 4. The molecule has 2 heterocycles. The van der Waals surface area contributed by atoms with Crippen molar-refractivity contribution in [2.24, 2.45) is 0 Å². The van der Waals surface area contributed by atoms with Crippen molar-refractivity contribution >= 4 is 57.5 Å². The Kier molecular flexibility index (Phi) is 8.03. The Labute approximate surface area is 260 Å². The third kappa shape index (κ3) is 6.06. The Morgan fingerprint density at radius 3 is 2.63 bits per heavy atom. The van der Waals surface area contributed by atoms with E-state index in [1.165, 1.54) is 17.8 Å². The van der Waals surface area contributed by atoms with Crippen molar-refractivity contribution in [3.05, 3.63) is 140 Å². The van der Waals surface area contributed by atoms with Crippen LogP contribution >= 0.6 is 35.0 Å². The van der Waals surface area contributed by atoms with Gasteiger partial charge in [0.25, 0.3) is 11.5 Å². The van der Waals surface area contributed by atoms with Crippen molar-refractivity contribution in [2.75, 3.05) is 5.32 Å². The van der Waals surface area contributed by atoms with Crippen molar-refractivity contribution in [1.29, 1.82) is 5.26 Å². The van der Waals surface area contributed by atoms with Gasteiger partial charge in [-0.05, 0) is 65.5 Å². The van der Waals surface area contributed by atoms with Crippen molar-refractivity contribution in [3.8, 4) is 23.0 Å². The SMILES string of the molecule is N#Cc1c(-c2cccc(-n3ccc4ccccc43)c2)nc(SCc2cccc(NC(=O)c3ccc(Cl)c(Cl)c3)c2)[nH]c1=O. The minimum absolute atomic E-state index is 0.0501. The molecule has 4 aromatic carbocycles. The number of amides is 1. The van der Waals surface area contributed by atoms with E-state index in [1.807, 2.05) is 85.1 Å². The summed E-state index contributed by atoms with van der Waals surface area (Å²) in [7, 11) is 0. The topological polar surface area (TPSA) is 104 Å². The molecule has 0 aliphatic rings. The van der Waals surface area contributed by atoms with Crippen LogP contribution in [0.2, 0.25) is 10.0 Å². The number of fused-ring (bicyclic) bond motifs is 1. The molecule has 0 bridgehead atoms. The summed E-state index contributed by atoms with van der Waals surface area (Å²) in [5.74, 6) is 0.140. The van der Waals surface area contributed by atoms with E-state index in [-0.39, 0.29) is 11.5 Å². The number of para-hydroxylation sites is 1. The predicted molar refractivity (Wildman–Crippen MR) is 172 cm³/mol. The summed E-state index contributed by atoms with van der Waals surface area (Å²) in [5.41, 5.74) is 4.23. The molecule has 0 saturated heterocycles. The molecular formula is C33H21Cl2N5O2S. The van der Waals surface area contributed by atoms with E-state index in [4.69, 9.17) is 23.2 Å². The number of aromatic amines is 1. The highest BCUT2D eigenvalue weighted by atomic mass is 35.5. The van der Waals surface area contributed by atoms with Crippen LogP contribution < -0.4 is 10.9 Å². The zero-order chi connectivity index (χ0) is 29.9. The average Bonchev–Trinajstić information content (AvgIpc) is 3.46. The van der Waals surface area contributed by atoms with Crippen LogP contribution in [0.1, 0.15) is 21.5 Å². The summed E-state index contributed by atoms with van der Waals surface area (Å²) in [6, 6.07) is 31.8. The second-order valence-corrected chi connectivity index (χ2v) is 11.4. The number of thioether (sulfide) groups is 1. The second-order valence-electron chi connectivity index (χ2n) is 9.57. The lowest BCUT2D eigenvalue weighted by Crippen LogP contribution is -2.15. The fraction of sp³-hybridized carbons (Fsp3) is 0.0303. The normalized spacial score (nSPS) is 10.9. The Morgan fingerprint density at radius 1 is 0.953 bits per heavy atom. The Hall–Kier alpha value is -4.81. The third-order valence-corrected chi connectivity index (χ3v) is 8.43. The lowest BCUT2D eigenvalue weighted by molar-refractivity contribution is 0.102. The first-order valence-corrected chi connectivity index (χ1v) is 14.8. The smallest absolute Gasteiger partial charge is 0.270 e. The number of rotatable bonds is 7. The lowest BCUT2D eigenvalue weighted by atomic mass is 10.1. The second kappa shape index (κ2) is 12.2. The van der Waals surface area contributed by atoms with Crippen LogP contribution in [0.25, 0.3) is 27.8 Å². The van der Waals surface area contributed by atoms with E-state index in [0.29, 0.717) is 43.5 Å². The van der Waals surface area contributed by atoms with Gasteiger partial charge < -0.3 is 14.9 Å². The Morgan fingerprint density at radius 2 is 1.79 bits per heavy atom. The molecule has 10 heteroatoms. The minimum atomic E-state index is -0.505. The summed E-state index contributed by atoms with van der Waals surface area (Å²) in [4.78, 5) is 33.0. The number of nitrogens with zero attached hydrogens (tertiary/aromatic N) is 3. The third-order valence-electron chi connectivity index (χ3n) is 6.75. The number of H-pyrrole nitrogens is 1. The molecule has 0 aliphatic carbocycles. The van der Waals surface area contributed by atoms with Gasteiger partial charge in [-0.25, -0.2) is 4.98 Å². The number of aromatic nitrogens is 3. The molecule has 2 N–H and O–H groups in total. The summed E-state index contributed by atoms with van der Waals surface area (Å²) < 4.78 is 2.06. The largest absolute Gasteiger partial charge is 0.322 e. The van der Waals surface area contributed by atoms with Crippen molar-refractivity contribution in [2.45, 2.75) is 10.9 Å². The molecule has 0 atom stereocenters. The van der Waals surface area contributed by atoms with Gasteiger partial charge in [0.05, 0.1) is 21.3 Å². The zero-order valence-corrected chi connectivity index (χ0v) is 24.7. The van der Waals surface area contributed by atoms with Crippen molar-refractivity contribution in [1.82, 2.24) is 14.5 Å². The number of carbonyl (C=O) groups is 1. The number of carbonyl (C=O) groups excluding carboxylic acids is 1. The van der Waals surface area contributed by atoms with Crippen LogP contribution in [0.3, 0.4) is 0 Å². The van der Waals surface area contributed by atoms with E-state index < -0.39 is 5.56 Å². The molecule has 43 heavy (non-hydrogen) atoms. The van der Waals surface area contributed by atoms with Gasteiger partial charge in [0.15, 0.2) is 5.16 Å². The van der Waals surface area contributed by atoms with Gasteiger partial charge in [-0.3, -0.25) is 9.59 Å². The highest BCUT2D eigenvalue weighted by molar-refractivity contribution is 7.98. The number of anilines is 1. The molecule has 6 rings (SSSR count). The van der Waals surface area contributed by atoms with Gasteiger partial charge in [-0.1, -0.05) is 77.4 Å². The monoisotopic (exact) mass is 621 g/mol. The van der Waals surface area contributed by atoms with Gasteiger partial charge >= 0.3 is 0 Å². The molecule has 1 amide bonds. The standard InChI is InChI=1S/C33H21Cl2N5O2S/c34-27-12-11-23(17-28(27)35)31(41)37-24-8-3-5-20(15-24)19-43-33-38-30(26(18-36)32(42)39-33)22-7-4-9-25(16-22)40-14-13-21-6-1-2-10-29(21)40/h1-17H,19H2,(H,37,41)(H,38,39,42). The summed E-state index contributed by atoms with van der Waals surface area (Å²) in [6.07, 6.45) is 1.99. The molecule has 0 aliphatic heterocycles. The zero-order valence-electron chi connectivity index (χ0n) is 22.3. The number of nitriles is 1. The molecule has 2 aromatic heterocycles. The van der Waals surface area contributed by atoms with Gasteiger partial charge in [0.1, 0.15) is 11.6 Å². The summed E-state index contributed by atoms with van der Waals surface area (Å²) in [6.45, 7) is 0. The fourth-order valence-corrected chi connectivity index (χ4v) is 5.78. The average molecular weight is 623 g/mol. The van der Waals surface area contributed by atoms with Crippen LogP contribution in [0.15, 0.2) is 113 Å². The maximum Gasteiger partial charge on any atom is 0.270 e. The van der Waals surface area contributed by atoms with Crippen LogP contribution in [0.4, 0.5) is 5.69 Å². The predicted octanol–water partition coefficient (Wildman–Crippen LogP) is 8.10. The van der Waals surface area contributed by atoms with Crippen LogP contribution in [0.5, 0.6) is 0 Å². The molecule has 0 spiro atoms. The maximum absolute atomic E-state index is 12.9. The van der Waals surface area contributed by atoms with Crippen molar-refractivity contribution < 1.29 is 4.79 Å². The lowest BCUT2D eigenvalue weighted by Gasteiger charge is -2.11. The number of hydrogen-bond donors (Lipinski definition) is 2. The van der Waals surface area contributed by atoms with Crippen LogP contribution in [-0.4, -0.2) is 20.4 Å². The molecule has 0 saturated carbocycles. The molecule has 6 aromatic rings. The maximum atomic E-state index is 12.9. The molecule has 0 unspecified atom stereocenters. The minimum Gasteiger partial charge on any atom is -0.322 e. The van der Waals surface area contributed by atoms with E-state index in [0.717, 1.165) is 22.2 Å². The van der Waals surface area contributed by atoms with E-state index in [1.54, 1.807) is 18.2 Å². The van der Waals surface area contributed by atoms with Gasteiger partial charge in [-0.2, -0.15) is 5.26 Å². The Balaban J connectivity index is 1.24. The summed E-state index contributed by atoms with van der Waals surface area (Å²) >= 11 is 13.3. The first-order valence-electron chi connectivity index (χ1n) is 13.1. The number of halogens is 2. The van der Waals surface area contributed by atoms with E-state index in [9.17, 15) is 14.9 Å². The quantitative estimate of drug-likeness (QED) is 0.138. The molecule has 0 fully saturated rings. The number of nitrogens with one attached hydrogen (secondary N) is 2. The molecule has 7 nitrogen and oxygen atoms in total. The first-order chi connectivity index (χ1) is 20.9. The van der Waals surface area contributed by atoms with E-state index in [2.05, 4.69) is 19.9 Å². The fourth-order valence-electron chi connectivity index (χ4n) is 4.68. The first kappa shape index (κ1) is 28.3.